The second-order valence-electron chi connectivity index (χ2n) is 8.17. The zero-order chi connectivity index (χ0) is 21.4. The molecule has 1 amide bonds. The number of aromatic nitrogens is 1. The number of nitrogens with zero attached hydrogens (tertiary/aromatic N) is 3. The highest BCUT2D eigenvalue weighted by Crippen LogP contribution is 2.37. The topological polar surface area (TPSA) is 70.6 Å². The van der Waals surface area contributed by atoms with Gasteiger partial charge in [0.05, 0.1) is 16.3 Å². The molecule has 5 rings (SSSR count). The van der Waals surface area contributed by atoms with Gasteiger partial charge >= 0.3 is 0 Å². The lowest BCUT2D eigenvalue weighted by Gasteiger charge is -2.39. The minimum Gasteiger partial charge on any atom is -0.333 e. The molecule has 2 aliphatic rings. The van der Waals surface area contributed by atoms with E-state index >= 15 is 0 Å². The van der Waals surface area contributed by atoms with E-state index in [1.807, 2.05) is 23.1 Å². The smallest absolute Gasteiger partial charge is 0.252 e. The largest absolute Gasteiger partial charge is 0.333 e. The van der Waals surface area contributed by atoms with E-state index < -0.39 is 10.0 Å². The maximum atomic E-state index is 13.5. The van der Waals surface area contributed by atoms with Gasteiger partial charge in [0.1, 0.15) is 9.22 Å². The predicted molar refractivity (Wildman–Crippen MR) is 124 cm³/mol. The Morgan fingerprint density at radius 2 is 1.81 bits per heavy atom. The Morgan fingerprint density at radius 1 is 1.00 bits per heavy atom. The molecule has 0 unspecified atom stereocenters. The lowest BCUT2D eigenvalue weighted by atomic mass is 9.93. The molecule has 0 bridgehead atoms. The molecule has 2 fully saturated rings. The Hall–Kier alpha value is -1.81. The second-order valence-corrected chi connectivity index (χ2v) is 12.3. The summed E-state index contributed by atoms with van der Waals surface area (Å²) < 4.78 is 28.6. The zero-order valence-corrected chi connectivity index (χ0v) is 19.6. The molecule has 0 N–H and O–H groups in total. The number of thiophene rings is 1. The minimum absolute atomic E-state index is 0.0338. The normalized spacial score (nSPS) is 21.5. The molecule has 164 valence electrons. The van der Waals surface area contributed by atoms with Crippen molar-refractivity contribution in [1.82, 2.24) is 14.2 Å². The fourth-order valence-corrected chi connectivity index (χ4v) is 8.33. The van der Waals surface area contributed by atoms with E-state index in [2.05, 4.69) is 6.07 Å². The van der Waals surface area contributed by atoms with Crippen LogP contribution >= 0.6 is 22.7 Å². The Bertz CT molecular complexity index is 1130. The Kier molecular flexibility index (Phi) is 5.85. The van der Waals surface area contributed by atoms with Gasteiger partial charge in [0.2, 0.25) is 5.91 Å². The number of carbonyl (C=O) groups excluding carboxylic acids is 1. The molecule has 1 atom stereocenters. The van der Waals surface area contributed by atoms with E-state index in [1.54, 1.807) is 28.8 Å². The van der Waals surface area contributed by atoms with Gasteiger partial charge in [-0.3, -0.25) is 4.79 Å². The fourth-order valence-electron chi connectivity index (χ4n) is 4.60. The molecule has 3 aromatic rings. The summed E-state index contributed by atoms with van der Waals surface area (Å²) in [5.41, 5.74) is 0.993. The third-order valence-electron chi connectivity index (χ3n) is 6.27. The van der Waals surface area contributed by atoms with Crippen LogP contribution in [-0.4, -0.2) is 48.1 Å². The highest BCUT2D eigenvalue weighted by atomic mass is 32.2. The quantitative estimate of drug-likeness (QED) is 0.557. The van der Waals surface area contributed by atoms with E-state index in [0.717, 1.165) is 41.0 Å². The van der Waals surface area contributed by atoms with Crippen LogP contribution in [0, 0.1) is 5.92 Å². The van der Waals surface area contributed by atoms with Crippen molar-refractivity contribution in [1.29, 1.82) is 0 Å². The number of benzene rings is 1. The molecule has 2 aliphatic heterocycles. The summed E-state index contributed by atoms with van der Waals surface area (Å²) in [6, 6.07) is 11.6. The first-order valence-corrected chi connectivity index (χ1v) is 13.9. The van der Waals surface area contributed by atoms with Gasteiger partial charge in [0.15, 0.2) is 0 Å². The molecule has 2 saturated heterocycles. The Morgan fingerprint density at radius 3 is 2.55 bits per heavy atom. The molecule has 2 aromatic heterocycles. The summed E-state index contributed by atoms with van der Waals surface area (Å²) in [4.78, 5) is 20.3. The van der Waals surface area contributed by atoms with Crippen molar-refractivity contribution in [3.8, 4) is 0 Å². The van der Waals surface area contributed by atoms with Gasteiger partial charge < -0.3 is 4.90 Å². The maximum absolute atomic E-state index is 13.5. The van der Waals surface area contributed by atoms with E-state index in [-0.39, 0.29) is 17.9 Å². The average molecular weight is 476 g/mol. The van der Waals surface area contributed by atoms with Gasteiger partial charge in [-0.1, -0.05) is 18.2 Å². The first-order valence-electron chi connectivity index (χ1n) is 10.7. The number of carbonyl (C=O) groups is 1. The summed E-state index contributed by atoms with van der Waals surface area (Å²) in [5.74, 6) is 0.0434. The van der Waals surface area contributed by atoms with Crippen LogP contribution in [0.25, 0.3) is 10.2 Å². The van der Waals surface area contributed by atoms with Gasteiger partial charge in [-0.2, -0.15) is 4.31 Å². The van der Waals surface area contributed by atoms with Crippen molar-refractivity contribution < 1.29 is 13.2 Å². The highest BCUT2D eigenvalue weighted by Gasteiger charge is 2.37. The molecule has 1 aromatic carbocycles. The minimum atomic E-state index is -3.44. The van der Waals surface area contributed by atoms with Crippen molar-refractivity contribution >= 4 is 48.8 Å². The first kappa shape index (κ1) is 21.1. The maximum Gasteiger partial charge on any atom is 0.252 e. The fraction of sp³-hybridized carbons (Fsp3) is 0.455. The van der Waals surface area contributed by atoms with Crippen LogP contribution in [-0.2, 0) is 14.8 Å². The van der Waals surface area contributed by atoms with Gasteiger partial charge in [0.25, 0.3) is 10.0 Å². The molecule has 0 saturated carbocycles. The van der Waals surface area contributed by atoms with E-state index in [0.29, 0.717) is 30.1 Å². The summed E-state index contributed by atoms with van der Waals surface area (Å²) in [5, 5.41) is 2.80. The number of hydrogen-bond donors (Lipinski definition) is 0. The second kappa shape index (κ2) is 8.61. The van der Waals surface area contributed by atoms with Crippen molar-refractivity contribution in [3.05, 3.63) is 46.8 Å². The number of piperidine rings is 2. The number of sulfonamides is 1. The van der Waals surface area contributed by atoms with E-state index in [4.69, 9.17) is 4.98 Å². The van der Waals surface area contributed by atoms with Gasteiger partial charge in [-0.15, -0.1) is 22.7 Å². The standard InChI is InChI=1S/C22H25N3O3S3/c26-22(16-10-13-24(14-11-16)31(27,28)20-9-5-15-29-20)25-12-4-3-7-18(25)21-23-17-6-1-2-8-19(17)30-21/h1-2,5-6,8-9,15-16,18H,3-4,7,10-14H2/t18-/m0/s1. The highest BCUT2D eigenvalue weighted by molar-refractivity contribution is 7.91. The van der Waals surface area contributed by atoms with Crippen LogP contribution in [0.2, 0.25) is 0 Å². The van der Waals surface area contributed by atoms with Crippen molar-refractivity contribution in [3.63, 3.8) is 0 Å². The number of hydrogen-bond acceptors (Lipinski definition) is 6. The molecular formula is C22H25N3O3S3. The summed E-state index contributed by atoms with van der Waals surface area (Å²) in [7, 11) is -3.44. The summed E-state index contributed by atoms with van der Waals surface area (Å²) in [6.07, 6.45) is 4.21. The molecular weight excluding hydrogens is 450 g/mol. The SMILES string of the molecule is O=C(C1CCN(S(=O)(=O)c2cccs2)CC1)N1CCCC[C@H]1c1nc2ccccc2s1. The van der Waals surface area contributed by atoms with Gasteiger partial charge in [-0.25, -0.2) is 13.4 Å². The molecule has 0 aliphatic carbocycles. The number of thiazole rings is 1. The Labute approximate surface area is 190 Å². The third kappa shape index (κ3) is 4.04. The van der Waals surface area contributed by atoms with Crippen LogP contribution in [0.3, 0.4) is 0 Å². The number of amides is 1. The number of rotatable bonds is 4. The summed E-state index contributed by atoms with van der Waals surface area (Å²) in [6.45, 7) is 1.56. The molecule has 9 heteroatoms. The van der Waals surface area contributed by atoms with Gasteiger partial charge in [-0.05, 0) is 55.7 Å². The third-order valence-corrected chi connectivity index (χ3v) is 10.7. The Balaban J connectivity index is 1.30. The van der Waals surface area contributed by atoms with E-state index in [1.165, 1.54) is 15.6 Å². The molecule has 31 heavy (non-hydrogen) atoms. The number of para-hydroxylation sites is 1. The van der Waals surface area contributed by atoms with Crippen LogP contribution in [0.15, 0.2) is 46.0 Å². The number of likely N-dealkylation sites (tertiary alicyclic amines) is 1. The van der Waals surface area contributed by atoms with Crippen LogP contribution < -0.4 is 0 Å². The van der Waals surface area contributed by atoms with Crippen molar-refractivity contribution in [2.45, 2.75) is 42.4 Å². The average Bonchev–Trinajstić information content (AvgIpc) is 3.49. The molecule has 0 spiro atoms. The number of fused-ring (bicyclic) bond motifs is 1. The predicted octanol–water partition coefficient (Wildman–Crippen LogP) is 4.51. The van der Waals surface area contributed by atoms with Crippen molar-refractivity contribution in [2.24, 2.45) is 5.92 Å². The molecule has 4 heterocycles. The lowest BCUT2D eigenvalue weighted by Crippen LogP contribution is -2.46. The molecule has 0 radical (unpaired) electrons. The lowest BCUT2D eigenvalue weighted by molar-refractivity contribution is -0.140. The van der Waals surface area contributed by atoms with Crippen LogP contribution in [0.4, 0.5) is 0 Å². The first-order chi connectivity index (χ1) is 15.0. The zero-order valence-electron chi connectivity index (χ0n) is 17.1. The van der Waals surface area contributed by atoms with Gasteiger partial charge in [0, 0.05) is 25.6 Å². The van der Waals surface area contributed by atoms with E-state index in [9.17, 15) is 13.2 Å². The van der Waals surface area contributed by atoms with Crippen LogP contribution in [0.5, 0.6) is 0 Å². The monoisotopic (exact) mass is 475 g/mol. The summed E-state index contributed by atoms with van der Waals surface area (Å²) >= 11 is 2.92. The van der Waals surface area contributed by atoms with Crippen LogP contribution in [0.1, 0.15) is 43.2 Å². The van der Waals surface area contributed by atoms with Crippen molar-refractivity contribution in [2.75, 3.05) is 19.6 Å². The molecule has 6 nitrogen and oxygen atoms in total.